The maximum absolute atomic E-state index is 12.8. The zero-order chi connectivity index (χ0) is 20.8. The molecule has 29 heavy (non-hydrogen) atoms. The molecule has 0 radical (unpaired) electrons. The maximum Gasteiger partial charge on any atom is 0.265 e. The second kappa shape index (κ2) is 9.28. The number of carbonyl (C=O) groups excluding carboxylic acids is 1. The first-order valence-electron chi connectivity index (χ1n) is 9.84. The predicted molar refractivity (Wildman–Crippen MR) is 117 cm³/mol. The summed E-state index contributed by atoms with van der Waals surface area (Å²) in [5.41, 5.74) is 2.78. The molecule has 0 fully saturated rings. The number of aryl methyl sites for hydroxylation is 1. The molecule has 4 heteroatoms. The summed E-state index contributed by atoms with van der Waals surface area (Å²) in [7, 11) is 0. The molecule has 0 saturated carbocycles. The van der Waals surface area contributed by atoms with Crippen molar-refractivity contribution in [2.45, 2.75) is 39.7 Å². The van der Waals surface area contributed by atoms with E-state index in [-0.39, 0.29) is 5.91 Å². The topological polar surface area (TPSA) is 47.6 Å². The Kier molecular flexibility index (Phi) is 6.55. The number of hydrogen-bond donors (Lipinski definition) is 1. The Morgan fingerprint density at radius 1 is 0.862 bits per heavy atom. The summed E-state index contributed by atoms with van der Waals surface area (Å²) in [6.45, 7) is 7.99. The molecule has 0 heterocycles. The van der Waals surface area contributed by atoms with Crippen LogP contribution in [0, 0.1) is 6.92 Å². The Morgan fingerprint density at radius 3 is 2.28 bits per heavy atom. The van der Waals surface area contributed by atoms with E-state index in [1.807, 2.05) is 67.6 Å². The quantitative estimate of drug-likeness (QED) is 0.514. The molecule has 0 unspecified atom stereocenters. The number of nitrogens with one attached hydrogen (secondary N) is 1. The van der Waals surface area contributed by atoms with Crippen molar-refractivity contribution in [2.24, 2.45) is 0 Å². The Labute approximate surface area is 172 Å². The zero-order valence-electron chi connectivity index (χ0n) is 17.3. The van der Waals surface area contributed by atoms with Gasteiger partial charge in [-0.1, -0.05) is 56.3 Å². The van der Waals surface area contributed by atoms with Gasteiger partial charge in [-0.05, 0) is 61.2 Å². The fourth-order valence-corrected chi connectivity index (χ4v) is 2.97. The van der Waals surface area contributed by atoms with Crippen molar-refractivity contribution in [1.82, 2.24) is 0 Å². The second-order valence-electron chi connectivity index (χ2n) is 7.36. The van der Waals surface area contributed by atoms with Crippen LogP contribution in [0.5, 0.6) is 17.2 Å². The number of carbonyl (C=O) groups is 1. The minimum Gasteiger partial charge on any atom is -0.481 e. The number of anilines is 1. The van der Waals surface area contributed by atoms with E-state index >= 15 is 0 Å². The van der Waals surface area contributed by atoms with E-state index in [1.54, 1.807) is 6.92 Å². The Hall–Kier alpha value is -3.27. The van der Waals surface area contributed by atoms with Gasteiger partial charge in [0, 0.05) is 0 Å². The van der Waals surface area contributed by atoms with Crippen molar-refractivity contribution in [1.29, 1.82) is 0 Å². The summed E-state index contributed by atoms with van der Waals surface area (Å²) in [4.78, 5) is 12.8. The summed E-state index contributed by atoms with van der Waals surface area (Å²) < 4.78 is 11.9. The second-order valence-corrected chi connectivity index (χ2v) is 7.36. The predicted octanol–water partition coefficient (Wildman–Crippen LogP) is 6.32. The van der Waals surface area contributed by atoms with Crippen LogP contribution < -0.4 is 14.8 Å². The van der Waals surface area contributed by atoms with Crippen LogP contribution >= 0.6 is 0 Å². The SMILES string of the molecule is Cc1ccc(C(C)C)c(O[C@H](C)C(=O)Nc2ccccc2Oc2ccccc2)c1. The minimum absolute atomic E-state index is 0.231. The van der Waals surface area contributed by atoms with Crippen molar-refractivity contribution >= 4 is 11.6 Å². The van der Waals surface area contributed by atoms with E-state index in [4.69, 9.17) is 9.47 Å². The molecule has 1 atom stereocenters. The number of para-hydroxylation sites is 3. The van der Waals surface area contributed by atoms with Gasteiger partial charge in [-0.25, -0.2) is 0 Å². The maximum atomic E-state index is 12.8. The smallest absolute Gasteiger partial charge is 0.265 e. The van der Waals surface area contributed by atoms with Gasteiger partial charge in [0.25, 0.3) is 5.91 Å². The lowest BCUT2D eigenvalue weighted by Crippen LogP contribution is -2.30. The number of hydrogen-bond acceptors (Lipinski definition) is 3. The van der Waals surface area contributed by atoms with E-state index in [0.29, 0.717) is 23.1 Å². The molecule has 0 saturated heterocycles. The fourth-order valence-electron chi connectivity index (χ4n) is 2.97. The van der Waals surface area contributed by atoms with Gasteiger partial charge in [0.2, 0.25) is 0 Å². The van der Waals surface area contributed by atoms with Gasteiger partial charge >= 0.3 is 0 Å². The highest BCUT2D eigenvalue weighted by atomic mass is 16.5. The molecule has 150 valence electrons. The molecule has 4 nitrogen and oxygen atoms in total. The number of ether oxygens (including phenoxy) is 2. The number of benzene rings is 3. The molecule has 0 aliphatic carbocycles. The summed E-state index contributed by atoms with van der Waals surface area (Å²) >= 11 is 0. The molecule has 3 rings (SSSR count). The Bertz CT molecular complexity index is 967. The van der Waals surface area contributed by atoms with Crippen molar-refractivity contribution in [3.63, 3.8) is 0 Å². The fraction of sp³-hybridized carbons (Fsp3) is 0.240. The van der Waals surface area contributed by atoms with Crippen LogP contribution in [0.15, 0.2) is 72.8 Å². The van der Waals surface area contributed by atoms with E-state index in [9.17, 15) is 4.79 Å². The van der Waals surface area contributed by atoms with Gasteiger partial charge in [0.1, 0.15) is 11.5 Å². The van der Waals surface area contributed by atoms with Crippen LogP contribution in [0.1, 0.15) is 37.8 Å². The highest BCUT2D eigenvalue weighted by molar-refractivity contribution is 5.95. The van der Waals surface area contributed by atoms with Crippen molar-refractivity contribution in [2.75, 3.05) is 5.32 Å². The third-order valence-corrected chi connectivity index (χ3v) is 4.58. The van der Waals surface area contributed by atoms with Gasteiger partial charge in [0.15, 0.2) is 11.9 Å². The molecular weight excluding hydrogens is 362 g/mol. The van der Waals surface area contributed by atoms with Crippen LogP contribution in [0.25, 0.3) is 0 Å². The Morgan fingerprint density at radius 2 is 1.55 bits per heavy atom. The highest BCUT2D eigenvalue weighted by Crippen LogP contribution is 2.31. The van der Waals surface area contributed by atoms with E-state index in [0.717, 1.165) is 16.9 Å². The molecule has 3 aromatic rings. The monoisotopic (exact) mass is 389 g/mol. The van der Waals surface area contributed by atoms with E-state index in [2.05, 4.69) is 31.3 Å². The molecule has 1 N–H and O–H groups in total. The van der Waals surface area contributed by atoms with Crippen molar-refractivity contribution < 1.29 is 14.3 Å². The van der Waals surface area contributed by atoms with Gasteiger partial charge in [-0.3, -0.25) is 4.79 Å². The molecule has 0 aliphatic heterocycles. The van der Waals surface area contributed by atoms with Gasteiger partial charge < -0.3 is 14.8 Å². The van der Waals surface area contributed by atoms with Gasteiger partial charge in [0.05, 0.1) is 5.69 Å². The normalized spacial score (nSPS) is 11.8. The van der Waals surface area contributed by atoms with Crippen LogP contribution in [-0.2, 0) is 4.79 Å². The summed E-state index contributed by atoms with van der Waals surface area (Å²) in [6.07, 6.45) is -0.654. The largest absolute Gasteiger partial charge is 0.481 e. The van der Waals surface area contributed by atoms with E-state index in [1.165, 1.54) is 0 Å². The molecule has 0 aromatic heterocycles. The molecule has 1 amide bonds. The van der Waals surface area contributed by atoms with Crippen molar-refractivity contribution in [3.8, 4) is 17.2 Å². The lowest BCUT2D eigenvalue weighted by atomic mass is 10.0. The molecule has 0 bridgehead atoms. The molecule has 3 aromatic carbocycles. The number of rotatable bonds is 7. The van der Waals surface area contributed by atoms with Gasteiger partial charge in [-0.15, -0.1) is 0 Å². The van der Waals surface area contributed by atoms with Crippen LogP contribution in [-0.4, -0.2) is 12.0 Å². The first kappa shape index (κ1) is 20.5. The third-order valence-electron chi connectivity index (χ3n) is 4.58. The van der Waals surface area contributed by atoms with Crippen LogP contribution in [0.3, 0.4) is 0 Å². The highest BCUT2D eigenvalue weighted by Gasteiger charge is 2.19. The molecule has 0 spiro atoms. The minimum atomic E-state index is -0.654. The molecule has 0 aliphatic rings. The molecular formula is C25H27NO3. The van der Waals surface area contributed by atoms with Crippen molar-refractivity contribution in [3.05, 3.63) is 83.9 Å². The first-order chi connectivity index (χ1) is 13.9. The van der Waals surface area contributed by atoms with Crippen LogP contribution in [0.4, 0.5) is 5.69 Å². The lowest BCUT2D eigenvalue weighted by Gasteiger charge is -2.20. The standard InChI is InChI=1S/C25H27NO3/c1-17(2)21-15-14-18(3)16-24(21)28-19(4)25(27)26-22-12-8-9-13-23(22)29-20-10-6-5-7-11-20/h5-17,19H,1-4H3,(H,26,27)/t19-/m1/s1. The average molecular weight is 389 g/mol. The third kappa shape index (κ3) is 5.38. The zero-order valence-corrected chi connectivity index (χ0v) is 17.3. The Balaban J connectivity index is 1.73. The lowest BCUT2D eigenvalue weighted by molar-refractivity contribution is -0.122. The summed E-state index contributed by atoms with van der Waals surface area (Å²) in [5, 5.41) is 2.93. The number of amides is 1. The summed E-state index contributed by atoms with van der Waals surface area (Å²) in [6, 6.07) is 22.9. The average Bonchev–Trinajstić information content (AvgIpc) is 2.70. The van der Waals surface area contributed by atoms with E-state index < -0.39 is 6.10 Å². The summed E-state index contributed by atoms with van der Waals surface area (Å²) in [5.74, 6) is 2.11. The van der Waals surface area contributed by atoms with Gasteiger partial charge in [-0.2, -0.15) is 0 Å². The first-order valence-corrected chi connectivity index (χ1v) is 9.84. The van der Waals surface area contributed by atoms with Crippen LogP contribution in [0.2, 0.25) is 0 Å².